The van der Waals surface area contributed by atoms with Crippen LogP contribution in [0.2, 0.25) is 0 Å². The third-order valence-corrected chi connectivity index (χ3v) is 3.06. The summed E-state index contributed by atoms with van der Waals surface area (Å²) in [6.45, 7) is -0.0918. The van der Waals surface area contributed by atoms with E-state index in [1.54, 1.807) is 18.2 Å². The highest BCUT2D eigenvalue weighted by atomic mass is 16.6. The second kappa shape index (κ2) is 6.62. The maximum absolute atomic E-state index is 11.9. The number of rotatable bonds is 5. The van der Waals surface area contributed by atoms with Gasteiger partial charge in [-0.3, -0.25) is 20.3 Å². The molecule has 0 saturated carbocycles. The summed E-state index contributed by atoms with van der Waals surface area (Å²) >= 11 is 0. The first kappa shape index (κ1) is 16.0. The van der Waals surface area contributed by atoms with Crippen molar-refractivity contribution in [3.8, 4) is 11.5 Å². The molecular weight excluding hydrogens is 304 g/mol. The second-order valence-corrected chi connectivity index (χ2v) is 4.62. The lowest BCUT2D eigenvalue weighted by Gasteiger charge is -2.10. The van der Waals surface area contributed by atoms with Crippen LogP contribution < -0.4 is 16.6 Å². The maximum atomic E-state index is 11.9. The molecule has 0 aliphatic rings. The minimum Gasteiger partial charge on any atom is -0.507 e. The van der Waals surface area contributed by atoms with Gasteiger partial charge in [-0.15, -0.1) is 0 Å². The topological polar surface area (TPSA) is 151 Å². The Kier molecular flexibility index (Phi) is 4.62. The summed E-state index contributed by atoms with van der Waals surface area (Å²) in [4.78, 5) is 21.9. The van der Waals surface area contributed by atoms with Gasteiger partial charge in [-0.2, -0.15) is 0 Å². The summed E-state index contributed by atoms with van der Waals surface area (Å²) in [6.07, 6.45) is 0. The van der Waals surface area contributed by atoms with Gasteiger partial charge in [0.15, 0.2) is 5.75 Å². The number of carbonyl (C=O) groups is 1. The third-order valence-electron chi connectivity index (χ3n) is 3.06. The summed E-state index contributed by atoms with van der Waals surface area (Å²) < 4.78 is 0. The molecule has 9 nitrogen and oxygen atoms in total. The Labute approximate surface area is 130 Å². The number of nitrogens with one attached hydrogen (secondary N) is 2. The van der Waals surface area contributed by atoms with Crippen LogP contribution in [0.15, 0.2) is 36.4 Å². The largest absolute Gasteiger partial charge is 0.507 e. The van der Waals surface area contributed by atoms with Gasteiger partial charge in [-0.25, -0.2) is 5.43 Å². The first-order valence-corrected chi connectivity index (χ1v) is 6.47. The molecule has 120 valence electrons. The molecular formula is C14H14N4O5. The van der Waals surface area contributed by atoms with Crippen LogP contribution in [-0.2, 0) is 6.54 Å². The molecule has 0 bridgehead atoms. The lowest BCUT2D eigenvalue weighted by Crippen LogP contribution is -2.37. The second-order valence-electron chi connectivity index (χ2n) is 4.62. The zero-order valence-electron chi connectivity index (χ0n) is 11.8. The molecule has 23 heavy (non-hydrogen) atoms. The first-order valence-electron chi connectivity index (χ1n) is 6.47. The Morgan fingerprint density at radius 2 is 1.91 bits per heavy atom. The molecule has 6 N–H and O–H groups in total. The highest BCUT2D eigenvalue weighted by Gasteiger charge is 2.17. The van der Waals surface area contributed by atoms with E-state index in [1.807, 2.05) is 0 Å². The van der Waals surface area contributed by atoms with Gasteiger partial charge in [0.25, 0.3) is 5.91 Å². The summed E-state index contributed by atoms with van der Waals surface area (Å²) in [6, 6.07) is 8.33. The molecule has 0 unspecified atom stereocenters. The number of nitrogens with two attached hydrogens (primary N) is 1. The highest BCUT2D eigenvalue weighted by molar-refractivity contribution is 5.98. The predicted molar refractivity (Wildman–Crippen MR) is 81.6 cm³/mol. The first-order chi connectivity index (χ1) is 10.9. The van der Waals surface area contributed by atoms with Crippen molar-refractivity contribution in [1.29, 1.82) is 0 Å². The van der Waals surface area contributed by atoms with Crippen LogP contribution in [0, 0.1) is 10.1 Å². The van der Waals surface area contributed by atoms with Crippen molar-refractivity contribution in [2.75, 3.05) is 5.73 Å². The Hall–Kier alpha value is -3.33. The van der Waals surface area contributed by atoms with E-state index in [0.717, 1.165) is 12.1 Å². The number of nitro benzene ring substituents is 1. The average Bonchev–Trinajstić information content (AvgIpc) is 2.49. The van der Waals surface area contributed by atoms with Crippen LogP contribution in [0.1, 0.15) is 15.9 Å². The summed E-state index contributed by atoms with van der Waals surface area (Å²) in [5.41, 5.74) is 10.7. The molecule has 2 aromatic rings. The smallest absolute Gasteiger partial charge is 0.311 e. The third kappa shape index (κ3) is 3.66. The fraction of sp³-hybridized carbons (Fsp3) is 0.0714. The van der Waals surface area contributed by atoms with Crippen molar-refractivity contribution >= 4 is 17.3 Å². The van der Waals surface area contributed by atoms with Gasteiger partial charge in [0.1, 0.15) is 5.75 Å². The zero-order chi connectivity index (χ0) is 17.0. The molecule has 0 fully saturated rings. The Morgan fingerprint density at radius 1 is 1.22 bits per heavy atom. The summed E-state index contributed by atoms with van der Waals surface area (Å²) in [7, 11) is 0. The normalized spacial score (nSPS) is 10.3. The number of anilines is 1. The van der Waals surface area contributed by atoms with E-state index in [4.69, 9.17) is 5.73 Å². The number of benzene rings is 2. The number of hydrazine groups is 1. The number of hydrogen-bond donors (Lipinski definition) is 5. The van der Waals surface area contributed by atoms with E-state index >= 15 is 0 Å². The maximum Gasteiger partial charge on any atom is 0.311 e. The van der Waals surface area contributed by atoms with Gasteiger partial charge < -0.3 is 15.9 Å². The molecule has 0 spiro atoms. The number of nitrogen functional groups attached to an aromatic ring is 1. The van der Waals surface area contributed by atoms with E-state index in [9.17, 15) is 25.1 Å². The summed E-state index contributed by atoms with van der Waals surface area (Å²) in [5, 5.41) is 29.8. The predicted octanol–water partition coefficient (Wildman–Crippen LogP) is 1.02. The van der Waals surface area contributed by atoms with Crippen molar-refractivity contribution in [3.63, 3.8) is 0 Å². The molecule has 0 radical (unpaired) electrons. The highest BCUT2D eigenvalue weighted by Crippen LogP contribution is 2.32. The number of nitro groups is 1. The van der Waals surface area contributed by atoms with E-state index in [0.29, 0.717) is 5.69 Å². The standard InChI is InChI=1S/C14H14N4O5/c15-10-4-2-1-3-9(10)14(21)17-16-7-8-5-11(18(22)23)13(20)6-12(8)19/h1-6,16,19-20H,7,15H2,(H,17,21). The number of aromatic hydroxyl groups is 2. The SMILES string of the molecule is Nc1ccccc1C(=O)NNCc1cc([N+](=O)[O-])c(O)cc1O. The van der Waals surface area contributed by atoms with Crippen molar-refractivity contribution in [2.24, 2.45) is 0 Å². The van der Waals surface area contributed by atoms with Crippen LogP contribution in [0.25, 0.3) is 0 Å². The molecule has 0 saturated heterocycles. The van der Waals surface area contributed by atoms with E-state index < -0.39 is 22.3 Å². The molecule has 0 heterocycles. The molecule has 0 aliphatic carbocycles. The van der Waals surface area contributed by atoms with Gasteiger partial charge in [0.05, 0.1) is 10.5 Å². The van der Waals surface area contributed by atoms with Crippen LogP contribution in [0.5, 0.6) is 11.5 Å². The van der Waals surface area contributed by atoms with Crippen LogP contribution >= 0.6 is 0 Å². The molecule has 1 amide bonds. The number of hydrogen-bond acceptors (Lipinski definition) is 7. The van der Waals surface area contributed by atoms with Crippen LogP contribution in [-0.4, -0.2) is 21.0 Å². The number of phenols is 2. The van der Waals surface area contributed by atoms with Crippen molar-refractivity contribution in [1.82, 2.24) is 10.9 Å². The molecule has 0 aliphatic heterocycles. The molecule has 0 aromatic heterocycles. The van der Waals surface area contributed by atoms with Gasteiger partial charge in [0, 0.05) is 29.9 Å². The molecule has 9 heteroatoms. The van der Waals surface area contributed by atoms with Crippen molar-refractivity contribution < 1.29 is 19.9 Å². The number of carbonyl (C=O) groups excluding carboxylic acids is 1. The number of nitrogens with zero attached hydrogens (tertiary/aromatic N) is 1. The lowest BCUT2D eigenvalue weighted by molar-refractivity contribution is -0.385. The summed E-state index contributed by atoms with van der Waals surface area (Å²) in [5.74, 6) is -1.47. The lowest BCUT2D eigenvalue weighted by atomic mass is 10.1. The molecule has 2 aromatic carbocycles. The Bertz CT molecular complexity index is 763. The van der Waals surface area contributed by atoms with Gasteiger partial charge in [0.2, 0.25) is 0 Å². The van der Waals surface area contributed by atoms with Crippen LogP contribution in [0.3, 0.4) is 0 Å². The molecule has 2 rings (SSSR count). The van der Waals surface area contributed by atoms with E-state index in [1.165, 1.54) is 6.07 Å². The van der Waals surface area contributed by atoms with Gasteiger partial charge in [-0.1, -0.05) is 12.1 Å². The van der Waals surface area contributed by atoms with E-state index in [2.05, 4.69) is 10.9 Å². The van der Waals surface area contributed by atoms with Gasteiger partial charge >= 0.3 is 5.69 Å². The molecule has 0 atom stereocenters. The fourth-order valence-electron chi connectivity index (χ4n) is 1.89. The number of phenolic OH excluding ortho intramolecular Hbond substituents is 2. The minimum atomic E-state index is -0.776. The van der Waals surface area contributed by atoms with Crippen molar-refractivity contribution in [3.05, 3.63) is 57.6 Å². The number of para-hydroxylation sites is 1. The average molecular weight is 318 g/mol. The number of amides is 1. The Balaban J connectivity index is 2.04. The zero-order valence-corrected chi connectivity index (χ0v) is 11.8. The minimum absolute atomic E-state index is 0.0918. The Morgan fingerprint density at radius 3 is 2.57 bits per heavy atom. The van der Waals surface area contributed by atoms with Gasteiger partial charge in [-0.05, 0) is 12.1 Å². The quantitative estimate of drug-likeness (QED) is 0.313. The fourth-order valence-corrected chi connectivity index (χ4v) is 1.89. The van der Waals surface area contributed by atoms with Crippen LogP contribution in [0.4, 0.5) is 11.4 Å². The monoisotopic (exact) mass is 318 g/mol. The van der Waals surface area contributed by atoms with Crippen molar-refractivity contribution in [2.45, 2.75) is 6.54 Å². The van der Waals surface area contributed by atoms with E-state index in [-0.39, 0.29) is 23.4 Å².